The molecule has 4 N–H and O–H groups in total. The first-order valence-corrected chi connectivity index (χ1v) is 9.08. The highest BCUT2D eigenvalue weighted by molar-refractivity contribution is 7.13. The Kier molecular flexibility index (Phi) is 7.23. The monoisotopic (exact) mass is 398 g/mol. The largest absolute Gasteiger partial charge is 0.336 e. The molecular weight excluding hydrogens is 379 g/mol. The molecule has 2 rings (SSSR count). The molecule has 3 amide bonds. The Bertz CT molecular complexity index is 894. The van der Waals surface area contributed by atoms with Crippen molar-refractivity contribution in [2.24, 2.45) is 0 Å². The number of carbonyl (C=O) groups excluding carboxylic acids is 2. The van der Waals surface area contributed by atoms with Crippen LogP contribution in [0.25, 0.3) is 0 Å². The van der Waals surface area contributed by atoms with E-state index in [-0.39, 0.29) is 0 Å². The number of aromatic nitrogens is 3. The Hall–Kier alpha value is -3.02. The van der Waals surface area contributed by atoms with Crippen molar-refractivity contribution < 1.29 is 14.0 Å². The number of carbonyl (C=O) groups is 2. The molecule has 2 heterocycles. The molecule has 1 unspecified atom stereocenters. The molecule has 0 aromatic carbocycles. The number of aromatic amines is 1. The number of anilines is 1. The van der Waals surface area contributed by atoms with Crippen LogP contribution in [0, 0.1) is 5.82 Å². The Morgan fingerprint density at radius 3 is 2.78 bits per heavy atom. The van der Waals surface area contributed by atoms with Crippen molar-refractivity contribution in [1.82, 2.24) is 25.2 Å². The number of amides is 3. The van der Waals surface area contributed by atoms with E-state index in [0.29, 0.717) is 28.7 Å². The van der Waals surface area contributed by atoms with Crippen LogP contribution in [-0.2, 0) is 0 Å². The number of hydrogen-bond acceptors (Lipinski definition) is 6. The maximum absolute atomic E-state index is 13.4. The van der Waals surface area contributed by atoms with E-state index < -0.39 is 35.3 Å². The van der Waals surface area contributed by atoms with Crippen LogP contribution < -0.4 is 27.2 Å². The van der Waals surface area contributed by atoms with E-state index in [1.54, 1.807) is 10.4 Å². The van der Waals surface area contributed by atoms with Gasteiger partial charge in [-0.15, -0.1) is 11.3 Å². The van der Waals surface area contributed by atoms with Crippen LogP contribution in [0.4, 0.5) is 19.1 Å². The summed E-state index contributed by atoms with van der Waals surface area (Å²) in [7, 11) is 0. The lowest BCUT2D eigenvalue weighted by Gasteiger charge is -2.20. The smallest absolute Gasteiger partial charge is 0.318 e. The van der Waals surface area contributed by atoms with Gasteiger partial charge in [-0.3, -0.25) is 15.1 Å². The summed E-state index contributed by atoms with van der Waals surface area (Å²) in [6.45, 7) is 2.00. The van der Waals surface area contributed by atoms with Gasteiger partial charge in [0.1, 0.15) is 6.17 Å². The number of nitrogens with one attached hydrogen (secondary N) is 4. The summed E-state index contributed by atoms with van der Waals surface area (Å²) in [6, 6.07) is -1.57. The second-order valence-corrected chi connectivity index (χ2v) is 6.43. The quantitative estimate of drug-likeness (QED) is 0.413. The van der Waals surface area contributed by atoms with E-state index in [4.69, 9.17) is 0 Å². The summed E-state index contributed by atoms with van der Waals surface area (Å²) in [5.74, 6) is -1.28. The highest BCUT2D eigenvalue weighted by Crippen LogP contribution is 2.10. The molecule has 0 radical (unpaired) electrons. The number of H-pyrrole nitrogens is 1. The number of nitrogens with zero attached hydrogens (tertiary/aromatic N) is 2. The summed E-state index contributed by atoms with van der Waals surface area (Å²) < 4.78 is 13.8. The predicted octanol–water partition coefficient (Wildman–Crippen LogP) is 1.42. The fraction of sp³-hybridized carbons (Fsp3) is 0.400. The van der Waals surface area contributed by atoms with Gasteiger partial charge in [-0.1, -0.05) is 19.8 Å². The highest BCUT2D eigenvalue weighted by Gasteiger charge is 2.18. The predicted molar refractivity (Wildman–Crippen MR) is 97.4 cm³/mol. The summed E-state index contributed by atoms with van der Waals surface area (Å²) in [5.41, 5.74) is -2.30. The van der Waals surface area contributed by atoms with Gasteiger partial charge in [0.25, 0.3) is 5.56 Å². The molecule has 0 aliphatic heterocycles. The fourth-order valence-electron chi connectivity index (χ4n) is 2.17. The number of thiazole rings is 1. The van der Waals surface area contributed by atoms with E-state index in [0.717, 1.165) is 12.8 Å². The van der Waals surface area contributed by atoms with Crippen molar-refractivity contribution >= 4 is 28.5 Å². The van der Waals surface area contributed by atoms with Crippen molar-refractivity contribution in [2.45, 2.75) is 38.8 Å². The van der Waals surface area contributed by atoms with Crippen LogP contribution >= 0.6 is 11.3 Å². The third-order valence-corrected chi connectivity index (χ3v) is 4.16. The minimum absolute atomic E-state index is 0.380. The standard InChI is InChI=1S/C15H19FN6O4S/c1-2-3-4-5-10(18-12(24)21-13-17-6-7-27-13)19-14(25)22-8-9(16)11(23)20-15(22)26/h6-8,10H,2-5H2,1H3,(H,19,25)(H,20,23,26)(H2,17,18,21,24). The van der Waals surface area contributed by atoms with Crippen LogP contribution in [0.5, 0.6) is 0 Å². The van der Waals surface area contributed by atoms with Crippen LogP contribution in [0.3, 0.4) is 0 Å². The first kappa shape index (κ1) is 20.3. The Balaban J connectivity index is 2.07. The normalized spacial score (nSPS) is 11.6. The Morgan fingerprint density at radius 1 is 1.33 bits per heavy atom. The molecule has 0 saturated carbocycles. The van der Waals surface area contributed by atoms with E-state index in [1.165, 1.54) is 17.5 Å². The van der Waals surface area contributed by atoms with Crippen molar-refractivity contribution in [3.63, 3.8) is 0 Å². The van der Waals surface area contributed by atoms with E-state index in [2.05, 4.69) is 20.9 Å². The SMILES string of the molecule is CCCCCC(NC(=O)Nc1nccs1)NC(=O)n1cc(F)c(=O)[nH]c1=O. The molecule has 0 fully saturated rings. The van der Waals surface area contributed by atoms with Crippen molar-refractivity contribution in [3.8, 4) is 0 Å². The number of rotatable bonds is 7. The molecule has 146 valence electrons. The number of halogens is 1. The van der Waals surface area contributed by atoms with Gasteiger partial charge < -0.3 is 10.6 Å². The molecule has 0 aliphatic rings. The molecule has 0 spiro atoms. The lowest BCUT2D eigenvalue weighted by atomic mass is 10.2. The first-order chi connectivity index (χ1) is 12.9. The van der Waals surface area contributed by atoms with E-state index >= 15 is 0 Å². The topological polar surface area (TPSA) is 138 Å². The average molecular weight is 398 g/mol. The molecule has 10 nitrogen and oxygen atoms in total. The lowest BCUT2D eigenvalue weighted by molar-refractivity contribution is 0.228. The molecule has 0 aliphatic carbocycles. The van der Waals surface area contributed by atoms with Gasteiger partial charge in [-0.05, 0) is 12.8 Å². The zero-order valence-electron chi connectivity index (χ0n) is 14.5. The Morgan fingerprint density at radius 2 is 2.11 bits per heavy atom. The van der Waals surface area contributed by atoms with Gasteiger partial charge >= 0.3 is 17.8 Å². The summed E-state index contributed by atoms with van der Waals surface area (Å²) in [4.78, 5) is 52.7. The van der Waals surface area contributed by atoms with Crippen LogP contribution in [0.1, 0.15) is 32.6 Å². The van der Waals surface area contributed by atoms with Crippen molar-refractivity contribution in [3.05, 3.63) is 44.4 Å². The van der Waals surface area contributed by atoms with Crippen LogP contribution in [0.2, 0.25) is 0 Å². The molecule has 0 saturated heterocycles. The third kappa shape index (κ3) is 6.02. The fourth-order valence-corrected chi connectivity index (χ4v) is 2.70. The minimum atomic E-state index is -1.28. The second kappa shape index (κ2) is 9.62. The van der Waals surface area contributed by atoms with E-state index in [9.17, 15) is 23.6 Å². The van der Waals surface area contributed by atoms with Gasteiger partial charge in [-0.2, -0.15) is 4.39 Å². The van der Waals surface area contributed by atoms with Crippen LogP contribution in [-0.4, -0.2) is 32.8 Å². The van der Waals surface area contributed by atoms with Gasteiger partial charge in [0.15, 0.2) is 5.13 Å². The van der Waals surface area contributed by atoms with E-state index in [1.807, 2.05) is 6.92 Å². The summed E-state index contributed by atoms with van der Waals surface area (Å²) in [6.07, 6.45) is 4.10. The number of urea groups is 1. The molecule has 1 atom stereocenters. The molecule has 27 heavy (non-hydrogen) atoms. The highest BCUT2D eigenvalue weighted by atomic mass is 32.1. The number of unbranched alkanes of at least 4 members (excludes halogenated alkanes) is 2. The second-order valence-electron chi connectivity index (χ2n) is 5.54. The summed E-state index contributed by atoms with van der Waals surface area (Å²) in [5, 5.41) is 9.58. The van der Waals surface area contributed by atoms with Gasteiger partial charge in [0.2, 0.25) is 5.82 Å². The lowest BCUT2D eigenvalue weighted by Crippen LogP contribution is -2.52. The van der Waals surface area contributed by atoms with Crippen molar-refractivity contribution in [1.29, 1.82) is 0 Å². The summed E-state index contributed by atoms with van der Waals surface area (Å²) >= 11 is 1.22. The van der Waals surface area contributed by atoms with Crippen LogP contribution in [0.15, 0.2) is 27.4 Å². The zero-order valence-corrected chi connectivity index (χ0v) is 15.3. The van der Waals surface area contributed by atoms with Crippen molar-refractivity contribution in [2.75, 3.05) is 5.32 Å². The molecular formula is C15H19FN6O4S. The minimum Gasteiger partial charge on any atom is -0.318 e. The molecule has 0 bridgehead atoms. The molecule has 2 aromatic heterocycles. The third-order valence-electron chi connectivity index (χ3n) is 3.47. The average Bonchev–Trinajstić information content (AvgIpc) is 3.10. The van der Waals surface area contributed by atoms with Gasteiger partial charge in [0, 0.05) is 11.6 Å². The zero-order chi connectivity index (χ0) is 19.8. The Labute approximate surface area is 156 Å². The first-order valence-electron chi connectivity index (χ1n) is 8.20. The maximum Gasteiger partial charge on any atom is 0.336 e. The van der Waals surface area contributed by atoms with Gasteiger partial charge in [0.05, 0.1) is 6.20 Å². The maximum atomic E-state index is 13.4. The van der Waals surface area contributed by atoms with Gasteiger partial charge in [-0.25, -0.2) is 23.9 Å². The number of hydrogen-bond donors (Lipinski definition) is 4. The molecule has 12 heteroatoms. The molecule has 2 aromatic rings.